The fraction of sp³-hybridized carbons (Fsp3) is 0.333. The molecule has 6 N–H and O–H groups in total. The number of hydrogen-bond donors (Lipinski definition) is 5. The van der Waals surface area contributed by atoms with Gasteiger partial charge in [0.05, 0.1) is 94.9 Å². The van der Waals surface area contributed by atoms with Crippen LogP contribution in [0.25, 0.3) is 52.0 Å². The number of benzene rings is 4. The highest BCUT2D eigenvalue weighted by Gasteiger charge is 2.47. The summed E-state index contributed by atoms with van der Waals surface area (Å²) in [5.41, 5.74) is 11.3. The van der Waals surface area contributed by atoms with Gasteiger partial charge in [0, 0.05) is 39.3 Å². The number of carbonyl (C=O) groups is 4. The van der Waals surface area contributed by atoms with E-state index in [1.54, 1.807) is 51.1 Å². The summed E-state index contributed by atoms with van der Waals surface area (Å²) in [7, 11) is 2.84. The van der Waals surface area contributed by atoms with Crippen molar-refractivity contribution in [3.05, 3.63) is 123 Å². The molecule has 1 saturated heterocycles. The van der Waals surface area contributed by atoms with Crippen LogP contribution in [0, 0.1) is 23.7 Å². The lowest BCUT2D eigenvalue weighted by atomic mass is 9.79. The van der Waals surface area contributed by atoms with E-state index in [-0.39, 0.29) is 50.7 Å². The van der Waals surface area contributed by atoms with E-state index >= 15 is 0 Å². The highest BCUT2D eigenvalue weighted by Crippen LogP contribution is 2.40. The van der Waals surface area contributed by atoms with E-state index in [0.717, 1.165) is 82.4 Å². The molecule has 4 aromatic carbocycles. The first-order valence-electron chi connectivity index (χ1n) is 28.3. The molecule has 0 bridgehead atoms. The molecule has 0 radical (unpaired) electrons. The predicted octanol–water partition coefficient (Wildman–Crippen LogP) is 15.7. The third-order valence-electron chi connectivity index (χ3n) is 14.6. The van der Waals surface area contributed by atoms with Crippen LogP contribution >= 0.6 is 93.1 Å². The number of methoxy groups -OCH3 is 2. The minimum absolute atomic E-state index is 0. The maximum atomic E-state index is 12.9. The molecule has 31 heteroatoms. The average molecular weight is 1560 g/mol. The molecule has 3 amide bonds. The number of aliphatic carboxylic acids is 1. The number of aromatic nitrogens is 6. The van der Waals surface area contributed by atoms with Crippen molar-refractivity contribution in [1.29, 1.82) is 0 Å². The van der Waals surface area contributed by atoms with Gasteiger partial charge in [0.1, 0.15) is 36.2 Å². The predicted molar refractivity (Wildman–Crippen MR) is 377 cm³/mol. The fourth-order valence-corrected chi connectivity index (χ4v) is 13.6. The standard InChI is InChI=1S/C17H14FN3O2S.C16H18BFN2O3S.C11H8BrFN2OS.C7H5BrN2S.C6H6BrNO.C4H5FO2.2CH4/c1-23-14-4-5-19-8-11(14)9-2-3-13-15(6-9)24-17(20-13)21-16(22)10-7-12(10)18;1-8-16(2,3)23-17(22-8)9-4-5-12-13(6-9)24-15(19-12)20-14(21)10-7-11(10)18;12-5-1-2-8-9(3-5)17-11(14-8)15-10(16)6-4-7(6)13;8-4-1-2-5-6(3-4)11-7(9)10-5;1-9-6-2-3-8-4-5(6)7;5-3-1-2(3)4(6)7;;/h2-6,8,10,12H,7H2,1H3,(H,20,21,22);4-6,8,10-11H,7H2,1-3H3,(H,19,20,21);1-3,6-7H,4H2,(H,14,15,16);1-3H,(H2,9,10);2-4H,1H3;2-3H,1H2,(H,6,7);2*1H4/t10-,12+;8?,10-,11+;6-,7+;;;2-,3+;;/m111..1../s1. The number of nitrogen functional groups attached to an aromatic ring is 1. The lowest BCUT2D eigenvalue weighted by Crippen LogP contribution is -2.34. The monoisotopic (exact) mass is 1560 g/mol. The number of carboxylic acid groups (broad SMARTS) is 1. The van der Waals surface area contributed by atoms with Crippen LogP contribution in [0.1, 0.15) is 61.3 Å². The van der Waals surface area contributed by atoms with Crippen LogP contribution in [0.15, 0.2) is 123 Å². The van der Waals surface area contributed by atoms with Gasteiger partial charge in [-0.1, -0.05) is 104 Å². The summed E-state index contributed by atoms with van der Waals surface area (Å²) in [6.45, 7) is 6.01. The number of ether oxygens (including phenoxy) is 2. The number of halogens is 7. The number of amides is 3. The van der Waals surface area contributed by atoms with Gasteiger partial charge >= 0.3 is 13.1 Å². The summed E-state index contributed by atoms with van der Waals surface area (Å²) in [4.78, 5) is 70.1. The van der Waals surface area contributed by atoms with Crippen molar-refractivity contribution >= 4 is 191 Å². The number of thiazole rings is 4. The number of nitrogens with two attached hydrogens (primary N) is 1. The first kappa shape index (κ1) is 73.0. The minimum Gasteiger partial charge on any atom is -0.496 e. The Kier molecular flexibility index (Phi) is 24.7. The molecule has 496 valence electrons. The zero-order chi connectivity index (χ0) is 65.7. The molecule has 0 spiro atoms. The van der Waals surface area contributed by atoms with Gasteiger partial charge in [-0.2, -0.15) is 0 Å². The highest BCUT2D eigenvalue weighted by molar-refractivity contribution is 9.11. The van der Waals surface area contributed by atoms with Crippen molar-refractivity contribution in [3.63, 3.8) is 0 Å². The number of carbonyl (C=O) groups excluding carboxylic acids is 3. The first-order valence-corrected chi connectivity index (χ1v) is 33.9. The van der Waals surface area contributed by atoms with Gasteiger partial charge in [-0.25, -0.2) is 37.5 Å². The topological polar surface area (TPSA) is 265 Å². The van der Waals surface area contributed by atoms with Crippen molar-refractivity contribution in [3.8, 4) is 22.6 Å². The second-order valence-corrected chi connectivity index (χ2v) is 28.7. The van der Waals surface area contributed by atoms with E-state index in [1.165, 1.54) is 45.3 Å². The number of anilines is 4. The van der Waals surface area contributed by atoms with Gasteiger partial charge in [-0.05, 0) is 146 Å². The molecular weight excluding hydrogens is 1500 g/mol. The molecule has 4 saturated carbocycles. The van der Waals surface area contributed by atoms with E-state index in [1.807, 2.05) is 93.6 Å². The minimum atomic E-state index is -1.06. The molecule has 19 nitrogen and oxygen atoms in total. The Balaban J connectivity index is 0.000000151. The maximum Gasteiger partial charge on any atom is 0.494 e. The molecule has 94 heavy (non-hydrogen) atoms. The van der Waals surface area contributed by atoms with Gasteiger partial charge < -0.3 is 45.6 Å². The Labute approximate surface area is 579 Å². The van der Waals surface area contributed by atoms with Crippen molar-refractivity contribution in [2.24, 2.45) is 23.7 Å². The van der Waals surface area contributed by atoms with Crippen LogP contribution in [0.2, 0.25) is 0 Å². The number of hydrogen-bond acceptors (Lipinski definition) is 19. The Morgan fingerprint density at radius 3 is 1.43 bits per heavy atom. The molecule has 1 aliphatic heterocycles. The van der Waals surface area contributed by atoms with Crippen molar-refractivity contribution in [2.75, 3.05) is 35.9 Å². The number of alkyl halides is 4. The average Bonchev–Trinajstić information content (AvgIpc) is 1.62. The Hall–Kier alpha value is -6.84. The molecule has 10 aromatic rings. The summed E-state index contributed by atoms with van der Waals surface area (Å²) in [5, 5.41) is 18.2. The molecular formula is C63H64BBr3F4N10O9S4. The normalized spacial score (nSPS) is 21.2. The Morgan fingerprint density at radius 2 is 1.01 bits per heavy atom. The van der Waals surface area contributed by atoms with E-state index in [9.17, 15) is 36.7 Å². The fourth-order valence-electron chi connectivity index (χ4n) is 8.67. The third kappa shape index (κ3) is 19.0. The Bertz CT molecular complexity index is 4350. The second kappa shape index (κ2) is 31.8. The van der Waals surface area contributed by atoms with Gasteiger partial charge in [0.2, 0.25) is 17.7 Å². The smallest absolute Gasteiger partial charge is 0.494 e. The van der Waals surface area contributed by atoms with E-state index in [2.05, 4.69) is 93.6 Å². The van der Waals surface area contributed by atoms with E-state index in [4.69, 9.17) is 29.6 Å². The number of fused-ring (bicyclic) bond motifs is 4. The van der Waals surface area contributed by atoms with Crippen molar-refractivity contribution in [1.82, 2.24) is 29.9 Å². The van der Waals surface area contributed by atoms with Crippen LogP contribution in [0.4, 0.5) is 38.1 Å². The van der Waals surface area contributed by atoms with Crippen LogP contribution in [0.5, 0.6) is 11.5 Å². The summed E-state index contributed by atoms with van der Waals surface area (Å²) >= 11 is 15.7. The largest absolute Gasteiger partial charge is 0.496 e. The number of carboxylic acids is 1. The van der Waals surface area contributed by atoms with E-state index in [0.29, 0.717) is 39.8 Å². The maximum absolute atomic E-state index is 12.9. The molecule has 15 rings (SSSR count). The highest BCUT2D eigenvalue weighted by atomic mass is 79.9. The van der Waals surface area contributed by atoms with Crippen LogP contribution in [-0.4, -0.2) is 116 Å². The third-order valence-corrected chi connectivity index (χ3v) is 19.9. The number of pyridine rings is 2. The van der Waals surface area contributed by atoms with Crippen molar-refractivity contribution < 1.29 is 60.6 Å². The first-order chi connectivity index (χ1) is 43.9. The summed E-state index contributed by atoms with van der Waals surface area (Å²) < 4.78 is 79.3. The lowest BCUT2D eigenvalue weighted by Gasteiger charge is -2.21. The Morgan fingerprint density at radius 1 is 0.596 bits per heavy atom. The van der Waals surface area contributed by atoms with Crippen LogP contribution < -0.4 is 36.6 Å². The molecule has 1 unspecified atom stereocenters. The number of nitrogens with one attached hydrogen (secondary N) is 3. The zero-order valence-corrected chi connectivity index (χ0v) is 57.3. The quantitative estimate of drug-likeness (QED) is 0.0595. The van der Waals surface area contributed by atoms with Crippen LogP contribution in [-0.2, 0) is 28.5 Å². The number of rotatable bonds is 11. The molecule has 9 atom stereocenters. The van der Waals surface area contributed by atoms with Crippen LogP contribution in [0.3, 0.4) is 0 Å². The molecule has 5 aliphatic rings. The van der Waals surface area contributed by atoms with E-state index < -0.39 is 61.4 Å². The lowest BCUT2D eigenvalue weighted by molar-refractivity contribution is -0.139. The molecule has 5 fully saturated rings. The van der Waals surface area contributed by atoms with Crippen molar-refractivity contribution in [2.45, 2.75) is 97.7 Å². The molecule has 7 heterocycles. The van der Waals surface area contributed by atoms with Gasteiger partial charge in [-0.15, -0.1) is 0 Å². The SMILES string of the molecule is C.C.CC1OB(c2ccc3nc(NC(=O)[C@@H]4C[C@@H]4F)sc3c2)OC1(C)C.COc1ccncc1-c1ccc2nc(NC(=O)[C@@H]3C[C@@H]3F)sc2c1.COc1ccncc1Br.Nc1nc2ccc(Br)cc2s1.O=C(Nc1nc2ccc(Br)cc2s1)[C@@H]1C[C@@H]1F.O=C(O)[C@@H]1C[C@@H]1F. The zero-order valence-electron chi connectivity index (χ0n) is 49.2. The summed E-state index contributed by atoms with van der Waals surface area (Å²) in [6, 6.07) is 26.8. The second-order valence-electron chi connectivity index (χ2n) is 21.9. The molecule has 6 aromatic heterocycles. The molecule has 4 aliphatic carbocycles. The van der Waals surface area contributed by atoms with Gasteiger partial charge in [0.15, 0.2) is 20.5 Å². The van der Waals surface area contributed by atoms with Gasteiger partial charge in [0.25, 0.3) is 0 Å². The summed E-state index contributed by atoms with van der Waals surface area (Å²) in [5.74, 6) is -2.51. The van der Waals surface area contributed by atoms with Gasteiger partial charge in [-0.3, -0.25) is 29.1 Å². The summed E-state index contributed by atoms with van der Waals surface area (Å²) in [6.07, 6.45) is 3.93. The number of nitrogens with zero attached hydrogens (tertiary/aromatic N) is 6.